The fraction of sp³-hybridized carbons (Fsp3) is 0.636. The summed E-state index contributed by atoms with van der Waals surface area (Å²) < 4.78 is 1.64. The van der Waals surface area contributed by atoms with Gasteiger partial charge in [-0.05, 0) is 11.5 Å². The van der Waals surface area contributed by atoms with Crippen molar-refractivity contribution in [3.8, 4) is 0 Å². The molecule has 0 aliphatic rings. The normalized spacial score (nSPS) is 13.9. The second-order valence-corrected chi connectivity index (χ2v) is 4.89. The van der Waals surface area contributed by atoms with E-state index in [9.17, 15) is 9.90 Å². The summed E-state index contributed by atoms with van der Waals surface area (Å²) in [6.45, 7) is 5.52. The van der Waals surface area contributed by atoms with Gasteiger partial charge in [0, 0.05) is 13.2 Å². The van der Waals surface area contributed by atoms with E-state index < -0.39 is 11.5 Å². The van der Waals surface area contributed by atoms with Crippen molar-refractivity contribution in [2.45, 2.75) is 33.3 Å². The highest BCUT2D eigenvalue weighted by Crippen LogP contribution is 2.20. The van der Waals surface area contributed by atoms with Crippen LogP contribution in [0.15, 0.2) is 12.3 Å². The number of rotatable bonds is 3. The van der Waals surface area contributed by atoms with Gasteiger partial charge in [0.1, 0.15) is 6.10 Å². The first-order valence-electron chi connectivity index (χ1n) is 5.00. The highest BCUT2D eigenvalue weighted by Gasteiger charge is 2.28. The molecular formula is C11H18N2O2. The molecule has 0 aromatic carbocycles. The van der Waals surface area contributed by atoms with Gasteiger partial charge in [-0.15, -0.1) is 0 Å². The molecule has 0 aliphatic heterocycles. The number of hydrogen-bond donors (Lipinski definition) is 1. The van der Waals surface area contributed by atoms with Crippen LogP contribution in [0.2, 0.25) is 0 Å². The Hall–Kier alpha value is -1.16. The first kappa shape index (κ1) is 11.9. The van der Waals surface area contributed by atoms with Crippen molar-refractivity contribution < 1.29 is 9.90 Å². The Labute approximate surface area is 89.9 Å². The smallest absolute Gasteiger partial charge is 0.167 e. The summed E-state index contributed by atoms with van der Waals surface area (Å²) in [5, 5.41) is 13.8. The van der Waals surface area contributed by atoms with Crippen LogP contribution in [0.5, 0.6) is 0 Å². The lowest BCUT2D eigenvalue weighted by molar-refractivity contribution is -0.131. The molecule has 0 saturated carbocycles. The van der Waals surface area contributed by atoms with Gasteiger partial charge >= 0.3 is 0 Å². The van der Waals surface area contributed by atoms with Crippen molar-refractivity contribution in [1.29, 1.82) is 0 Å². The van der Waals surface area contributed by atoms with Crippen molar-refractivity contribution in [3.05, 3.63) is 18.0 Å². The molecule has 0 aliphatic carbocycles. The molecule has 15 heavy (non-hydrogen) atoms. The van der Waals surface area contributed by atoms with E-state index in [1.165, 1.54) is 0 Å². The predicted molar refractivity (Wildman–Crippen MR) is 57.4 cm³/mol. The number of hydrogen-bond acceptors (Lipinski definition) is 3. The number of carbonyl (C=O) groups excluding carboxylic acids is 1. The molecule has 0 bridgehead atoms. The zero-order chi connectivity index (χ0) is 11.6. The number of aliphatic hydroxyl groups excluding tert-OH is 1. The number of aryl methyl sites for hydroxylation is 1. The molecule has 1 atom stereocenters. The van der Waals surface area contributed by atoms with E-state index in [0.717, 1.165) is 0 Å². The van der Waals surface area contributed by atoms with Crippen molar-refractivity contribution >= 4 is 5.78 Å². The van der Waals surface area contributed by atoms with Crippen LogP contribution in [-0.4, -0.2) is 26.8 Å². The molecule has 1 aromatic rings. The van der Waals surface area contributed by atoms with Crippen LogP contribution < -0.4 is 0 Å². The largest absolute Gasteiger partial charge is 0.385 e. The first-order chi connectivity index (χ1) is 6.80. The molecule has 4 nitrogen and oxygen atoms in total. The van der Waals surface area contributed by atoms with Crippen molar-refractivity contribution in [2.75, 3.05) is 0 Å². The second-order valence-electron chi connectivity index (χ2n) is 4.89. The third kappa shape index (κ3) is 3.16. The van der Waals surface area contributed by atoms with Crippen molar-refractivity contribution in [2.24, 2.45) is 12.5 Å². The lowest BCUT2D eigenvalue weighted by Gasteiger charge is -2.24. The van der Waals surface area contributed by atoms with Gasteiger partial charge in [-0.1, -0.05) is 20.8 Å². The van der Waals surface area contributed by atoms with Crippen LogP contribution >= 0.6 is 0 Å². The van der Waals surface area contributed by atoms with Gasteiger partial charge < -0.3 is 5.11 Å². The van der Waals surface area contributed by atoms with Crippen LogP contribution in [0.4, 0.5) is 0 Å². The van der Waals surface area contributed by atoms with Crippen molar-refractivity contribution in [3.63, 3.8) is 0 Å². The zero-order valence-electron chi connectivity index (χ0n) is 9.69. The van der Waals surface area contributed by atoms with Crippen LogP contribution in [0.1, 0.15) is 26.5 Å². The first-order valence-corrected chi connectivity index (χ1v) is 5.00. The molecule has 0 fully saturated rings. The summed E-state index contributed by atoms with van der Waals surface area (Å²) in [6.07, 6.45) is 1.05. The fourth-order valence-electron chi connectivity index (χ4n) is 1.32. The van der Waals surface area contributed by atoms with Crippen LogP contribution in [0, 0.1) is 5.41 Å². The SMILES string of the molecule is Cn1ccc(CC(=O)C(O)C(C)(C)C)n1. The average molecular weight is 210 g/mol. The Kier molecular flexibility index (Phi) is 3.29. The lowest BCUT2D eigenvalue weighted by Crippen LogP contribution is -2.35. The topological polar surface area (TPSA) is 55.1 Å². The van der Waals surface area contributed by atoms with Gasteiger partial charge in [-0.25, -0.2) is 0 Å². The molecule has 1 unspecified atom stereocenters. The van der Waals surface area contributed by atoms with Crippen LogP contribution in [-0.2, 0) is 18.3 Å². The second kappa shape index (κ2) is 4.14. The number of aromatic nitrogens is 2. The van der Waals surface area contributed by atoms with E-state index in [-0.39, 0.29) is 12.2 Å². The Morgan fingerprint density at radius 2 is 2.20 bits per heavy atom. The third-order valence-electron chi connectivity index (χ3n) is 2.25. The monoisotopic (exact) mass is 210 g/mol. The summed E-state index contributed by atoms with van der Waals surface area (Å²) >= 11 is 0. The van der Waals surface area contributed by atoms with Crippen molar-refractivity contribution in [1.82, 2.24) is 9.78 Å². The van der Waals surface area contributed by atoms with Gasteiger partial charge in [0.05, 0.1) is 12.1 Å². The third-order valence-corrected chi connectivity index (χ3v) is 2.25. The summed E-state index contributed by atoms with van der Waals surface area (Å²) in [6, 6.07) is 1.78. The quantitative estimate of drug-likeness (QED) is 0.807. The summed E-state index contributed by atoms with van der Waals surface area (Å²) in [4.78, 5) is 11.7. The maximum atomic E-state index is 11.7. The fourth-order valence-corrected chi connectivity index (χ4v) is 1.32. The number of nitrogens with zero attached hydrogens (tertiary/aromatic N) is 2. The van der Waals surface area contributed by atoms with Crippen LogP contribution in [0.3, 0.4) is 0 Å². The summed E-state index contributed by atoms with van der Waals surface area (Å²) in [5.41, 5.74) is 0.289. The van der Waals surface area contributed by atoms with E-state index in [0.29, 0.717) is 5.69 Å². The van der Waals surface area contributed by atoms with Gasteiger partial charge in [0.15, 0.2) is 5.78 Å². The minimum absolute atomic E-state index is 0.179. The maximum Gasteiger partial charge on any atom is 0.167 e. The highest BCUT2D eigenvalue weighted by molar-refractivity contribution is 5.85. The molecule has 1 rings (SSSR count). The Balaban J connectivity index is 2.64. The Morgan fingerprint density at radius 1 is 1.60 bits per heavy atom. The van der Waals surface area contributed by atoms with E-state index >= 15 is 0 Å². The van der Waals surface area contributed by atoms with Crippen LogP contribution in [0.25, 0.3) is 0 Å². The average Bonchev–Trinajstić information content (AvgIpc) is 2.48. The van der Waals surface area contributed by atoms with E-state index in [1.54, 1.807) is 24.0 Å². The molecule has 84 valence electrons. The molecule has 1 N–H and O–H groups in total. The summed E-state index contributed by atoms with van der Waals surface area (Å²) in [7, 11) is 1.80. The van der Waals surface area contributed by atoms with Gasteiger partial charge in [-0.3, -0.25) is 9.48 Å². The van der Waals surface area contributed by atoms with E-state index in [2.05, 4.69) is 5.10 Å². The zero-order valence-corrected chi connectivity index (χ0v) is 9.69. The number of Topliss-reactive ketones (excluding diaryl/α,β-unsaturated/α-hetero) is 1. The molecule has 1 aromatic heterocycles. The highest BCUT2D eigenvalue weighted by atomic mass is 16.3. The minimum atomic E-state index is -0.931. The van der Waals surface area contributed by atoms with E-state index in [4.69, 9.17) is 0 Å². The molecule has 0 amide bonds. The predicted octanol–water partition coefficient (Wildman–Crippen LogP) is 0.939. The Morgan fingerprint density at radius 3 is 2.60 bits per heavy atom. The number of ketones is 1. The minimum Gasteiger partial charge on any atom is -0.385 e. The molecule has 0 saturated heterocycles. The molecule has 1 heterocycles. The number of carbonyl (C=O) groups is 1. The molecule has 0 spiro atoms. The van der Waals surface area contributed by atoms with E-state index in [1.807, 2.05) is 20.8 Å². The standard InChI is InChI=1S/C11H18N2O2/c1-11(2,3)10(15)9(14)7-8-5-6-13(4)12-8/h5-6,10,15H,7H2,1-4H3. The van der Waals surface area contributed by atoms with Gasteiger partial charge in [0.25, 0.3) is 0 Å². The van der Waals surface area contributed by atoms with Gasteiger partial charge in [-0.2, -0.15) is 5.10 Å². The maximum absolute atomic E-state index is 11.7. The molecule has 4 heteroatoms. The molecular weight excluding hydrogens is 192 g/mol. The number of aliphatic hydroxyl groups is 1. The molecule has 0 radical (unpaired) electrons. The lowest BCUT2D eigenvalue weighted by atomic mass is 9.85. The summed E-state index contributed by atoms with van der Waals surface area (Å²) in [5.74, 6) is -0.179. The Bertz CT molecular complexity index is 350. The van der Waals surface area contributed by atoms with Gasteiger partial charge in [0.2, 0.25) is 0 Å².